The molecule has 0 unspecified atom stereocenters. The number of aliphatic hydroxyl groups is 1. The summed E-state index contributed by atoms with van der Waals surface area (Å²) < 4.78 is 41.8. The molecule has 1 atom stereocenters. The van der Waals surface area contributed by atoms with E-state index < -0.39 is 34.1 Å². The number of methoxy groups -OCH3 is 1. The van der Waals surface area contributed by atoms with E-state index in [0.29, 0.717) is 35.7 Å². The van der Waals surface area contributed by atoms with Gasteiger partial charge >= 0.3 is 0 Å². The van der Waals surface area contributed by atoms with Crippen molar-refractivity contribution >= 4 is 34.3 Å². The number of amides is 2. The largest absolute Gasteiger partial charge is 0.494 e. The minimum Gasteiger partial charge on any atom is -0.494 e. The lowest BCUT2D eigenvalue weighted by Crippen LogP contribution is -2.43. The first-order valence-electron chi connectivity index (χ1n) is 14.7. The quantitative estimate of drug-likeness (QED) is 0.189. The van der Waals surface area contributed by atoms with Crippen LogP contribution >= 0.6 is 11.6 Å². The van der Waals surface area contributed by atoms with Crippen LogP contribution in [0.5, 0.6) is 11.5 Å². The van der Waals surface area contributed by atoms with Crippen molar-refractivity contribution in [2.45, 2.75) is 50.7 Å². The molecule has 0 saturated heterocycles. The fourth-order valence-corrected chi connectivity index (χ4v) is 5.82. The molecule has 10 nitrogen and oxygen atoms in total. The highest BCUT2D eigenvalue weighted by molar-refractivity contribution is 6.33. The zero-order valence-corrected chi connectivity index (χ0v) is 25.5. The lowest BCUT2D eigenvalue weighted by atomic mass is 9.90. The van der Waals surface area contributed by atoms with Crippen LogP contribution in [0.4, 0.5) is 8.78 Å². The molecule has 0 bridgehead atoms. The van der Waals surface area contributed by atoms with E-state index >= 15 is 0 Å². The van der Waals surface area contributed by atoms with E-state index in [-0.39, 0.29) is 53.8 Å². The van der Waals surface area contributed by atoms with Gasteiger partial charge in [-0.25, -0.2) is 13.8 Å². The van der Waals surface area contributed by atoms with E-state index in [1.807, 2.05) is 10.9 Å². The molecule has 2 heterocycles. The van der Waals surface area contributed by atoms with Crippen LogP contribution in [0, 0.1) is 17.6 Å². The molecule has 6 rings (SSSR count). The number of nitrogens with zero attached hydrogens (tertiary/aromatic N) is 3. The number of carbonyl (C=O) groups excluding carboxylic acids is 2. The highest BCUT2D eigenvalue weighted by Crippen LogP contribution is 2.47. The maximum atomic E-state index is 14.6. The highest BCUT2D eigenvalue weighted by atomic mass is 35.5. The van der Waals surface area contributed by atoms with Crippen LogP contribution in [0.2, 0.25) is 5.02 Å². The summed E-state index contributed by atoms with van der Waals surface area (Å²) in [6, 6.07) is 7.32. The second-order valence-electron chi connectivity index (χ2n) is 11.5. The van der Waals surface area contributed by atoms with Crippen molar-refractivity contribution in [3.63, 3.8) is 0 Å². The molecular weight excluding hydrogens is 608 g/mol. The van der Waals surface area contributed by atoms with Gasteiger partial charge in [0, 0.05) is 28.3 Å². The van der Waals surface area contributed by atoms with Gasteiger partial charge in [-0.2, -0.15) is 5.10 Å². The van der Waals surface area contributed by atoms with Crippen molar-refractivity contribution in [3.05, 3.63) is 70.0 Å². The van der Waals surface area contributed by atoms with E-state index in [2.05, 4.69) is 15.4 Å². The summed E-state index contributed by atoms with van der Waals surface area (Å²) in [5, 5.41) is 19.8. The minimum atomic E-state index is -1.70. The van der Waals surface area contributed by atoms with Gasteiger partial charge in [0.25, 0.3) is 5.91 Å². The predicted octanol–water partition coefficient (Wildman–Crippen LogP) is 4.83. The Morgan fingerprint density at radius 2 is 1.96 bits per heavy atom. The molecule has 2 saturated carbocycles. The van der Waals surface area contributed by atoms with Gasteiger partial charge in [-0.1, -0.05) is 11.6 Å². The Balaban J connectivity index is 1.38. The molecule has 2 fully saturated rings. The molecule has 236 valence electrons. The standard InChI is InChI=1S/C32H32ClF2N5O5/c1-3-45-30-16(13-25(36)41)12-24(38-29(30)21-8-9-22(34)27(35)26(21)33)32(43,19-4-5-19)15-37-31(42)17-10-18-14-40(20-6-7-20)39-28(18)23(11-17)44-2/h8-12,14,19-20,43H,3-7,13,15H2,1-2H3,(H2,36,41)(H,37,42)/t32-/m1/s1. The van der Waals surface area contributed by atoms with Gasteiger partial charge in [-0.15, -0.1) is 0 Å². The summed E-state index contributed by atoms with van der Waals surface area (Å²) in [7, 11) is 1.51. The van der Waals surface area contributed by atoms with E-state index in [0.717, 1.165) is 24.3 Å². The average Bonchev–Trinajstić information content (AvgIpc) is 3.96. The van der Waals surface area contributed by atoms with Crippen LogP contribution in [-0.4, -0.2) is 51.9 Å². The molecule has 0 radical (unpaired) electrons. The average molecular weight is 640 g/mol. The molecule has 4 N–H and O–H groups in total. The smallest absolute Gasteiger partial charge is 0.251 e. The molecule has 0 aliphatic heterocycles. The number of rotatable bonds is 12. The fourth-order valence-electron chi connectivity index (χ4n) is 5.58. The third-order valence-electron chi connectivity index (χ3n) is 8.20. The summed E-state index contributed by atoms with van der Waals surface area (Å²) in [5.41, 5.74) is 5.19. The van der Waals surface area contributed by atoms with E-state index in [4.69, 9.17) is 26.8 Å². The van der Waals surface area contributed by atoms with E-state index in [1.54, 1.807) is 19.1 Å². The molecule has 45 heavy (non-hydrogen) atoms. The van der Waals surface area contributed by atoms with Crippen molar-refractivity contribution in [2.24, 2.45) is 11.7 Å². The number of hydrogen-bond donors (Lipinski definition) is 3. The first-order chi connectivity index (χ1) is 21.5. The summed E-state index contributed by atoms with van der Waals surface area (Å²) in [6.07, 6.45) is 4.99. The van der Waals surface area contributed by atoms with Crippen molar-refractivity contribution in [1.82, 2.24) is 20.1 Å². The molecule has 0 spiro atoms. The van der Waals surface area contributed by atoms with Gasteiger partial charge in [0.15, 0.2) is 11.6 Å². The summed E-state index contributed by atoms with van der Waals surface area (Å²) in [5.74, 6) is -3.31. The number of carbonyl (C=O) groups is 2. The Morgan fingerprint density at radius 3 is 2.60 bits per heavy atom. The van der Waals surface area contributed by atoms with Crippen LogP contribution < -0.4 is 20.5 Å². The Labute approximate surface area is 262 Å². The molecule has 2 aromatic carbocycles. The Kier molecular flexibility index (Phi) is 8.13. The van der Waals surface area contributed by atoms with E-state index in [1.165, 1.54) is 19.2 Å². The second kappa shape index (κ2) is 11.9. The maximum Gasteiger partial charge on any atom is 0.251 e. The normalized spacial score (nSPS) is 16.0. The first kappa shape index (κ1) is 30.7. The molecule has 2 amide bonds. The van der Waals surface area contributed by atoms with Crippen molar-refractivity contribution in [3.8, 4) is 22.8 Å². The number of pyridine rings is 1. The van der Waals surface area contributed by atoms with Crippen LogP contribution in [0.1, 0.15) is 60.3 Å². The van der Waals surface area contributed by atoms with Crippen molar-refractivity contribution < 1.29 is 33.0 Å². The third-order valence-corrected chi connectivity index (χ3v) is 8.57. The SMILES string of the molecule is CCOc1c(CC(N)=O)cc([C@@](O)(CNC(=O)c2cc(OC)c3nn(C4CC4)cc3c2)C2CC2)nc1-c1ccc(F)c(F)c1Cl. The number of nitrogens with two attached hydrogens (primary N) is 1. The topological polar surface area (TPSA) is 142 Å². The molecule has 2 aromatic heterocycles. The highest BCUT2D eigenvalue weighted by Gasteiger charge is 2.47. The molecular formula is C32H32ClF2N5O5. The second-order valence-corrected chi connectivity index (χ2v) is 11.9. The number of fused-ring (bicyclic) bond motifs is 1. The van der Waals surface area contributed by atoms with Crippen molar-refractivity contribution in [1.29, 1.82) is 0 Å². The van der Waals surface area contributed by atoms with Crippen LogP contribution in [0.3, 0.4) is 0 Å². The van der Waals surface area contributed by atoms with Crippen LogP contribution in [0.25, 0.3) is 22.2 Å². The fraction of sp³-hybridized carbons (Fsp3) is 0.375. The lowest BCUT2D eigenvalue weighted by Gasteiger charge is -2.30. The number of ether oxygens (including phenoxy) is 2. The number of primary amides is 1. The summed E-state index contributed by atoms with van der Waals surface area (Å²) in [6.45, 7) is 1.62. The number of aromatic nitrogens is 3. The Bertz CT molecular complexity index is 1820. The first-order valence-corrected chi connectivity index (χ1v) is 15.1. The Hall–Kier alpha value is -4.29. The number of hydrogen-bond acceptors (Lipinski definition) is 7. The molecule has 2 aliphatic rings. The minimum absolute atomic E-state index is 0.000844. The zero-order valence-electron chi connectivity index (χ0n) is 24.7. The van der Waals surface area contributed by atoms with Gasteiger partial charge in [-0.05, 0) is 68.9 Å². The number of halogens is 3. The monoisotopic (exact) mass is 639 g/mol. The summed E-state index contributed by atoms with van der Waals surface area (Å²) >= 11 is 6.23. The number of nitrogens with one attached hydrogen (secondary N) is 1. The van der Waals surface area contributed by atoms with Gasteiger partial charge < -0.3 is 25.6 Å². The van der Waals surface area contributed by atoms with Crippen molar-refractivity contribution in [2.75, 3.05) is 20.3 Å². The van der Waals surface area contributed by atoms with Gasteiger partial charge in [0.05, 0.1) is 43.4 Å². The zero-order chi connectivity index (χ0) is 32.0. The third kappa shape index (κ3) is 5.91. The number of benzene rings is 2. The predicted molar refractivity (Wildman–Crippen MR) is 162 cm³/mol. The van der Waals surface area contributed by atoms with Crippen LogP contribution in [-0.2, 0) is 16.8 Å². The summed E-state index contributed by atoms with van der Waals surface area (Å²) in [4.78, 5) is 30.2. The maximum absolute atomic E-state index is 14.6. The lowest BCUT2D eigenvalue weighted by molar-refractivity contribution is -0.117. The van der Waals surface area contributed by atoms with E-state index in [9.17, 15) is 23.5 Å². The Morgan fingerprint density at radius 1 is 1.20 bits per heavy atom. The molecule has 13 heteroatoms. The van der Waals surface area contributed by atoms with Gasteiger partial charge in [0.1, 0.15) is 28.3 Å². The molecule has 2 aliphatic carbocycles. The van der Waals surface area contributed by atoms with Gasteiger partial charge in [-0.3, -0.25) is 14.3 Å². The molecule has 4 aromatic rings. The van der Waals surface area contributed by atoms with Crippen LogP contribution in [0.15, 0.2) is 36.5 Å². The van der Waals surface area contributed by atoms with Gasteiger partial charge in [0.2, 0.25) is 5.91 Å².